The summed E-state index contributed by atoms with van der Waals surface area (Å²) in [5.74, 6) is -0.0675. The SMILES string of the molecule is CCOC(=O)CCCN1CCC(C)(N(C)C)C1. The van der Waals surface area contributed by atoms with Crippen LogP contribution in [0.1, 0.15) is 33.1 Å². The average Bonchev–Trinajstić information content (AvgIpc) is 2.62. The molecule has 0 aromatic rings. The van der Waals surface area contributed by atoms with Gasteiger partial charge in [0.1, 0.15) is 0 Å². The van der Waals surface area contributed by atoms with Crippen molar-refractivity contribution in [3.05, 3.63) is 0 Å². The third-order valence-electron chi connectivity index (χ3n) is 3.77. The summed E-state index contributed by atoms with van der Waals surface area (Å²) in [5, 5.41) is 0. The van der Waals surface area contributed by atoms with Gasteiger partial charge in [0.05, 0.1) is 6.61 Å². The number of hydrogen-bond donors (Lipinski definition) is 0. The van der Waals surface area contributed by atoms with Crippen LogP contribution in [-0.4, -0.2) is 61.6 Å². The molecule has 4 heteroatoms. The Morgan fingerprint density at radius 1 is 1.47 bits per heavy atom. The molecule has 0 aliphatic carbocycles. The molecule has 17 heavy (non-hydrogen) atoms. The minimum Gasteiger partial charge on any atom is -0.466 e. The maximum Gasteiger partial charge on any atom is 0.305 e. The lowest BCUT2D eigenvalue weighted by atomic mass is 10.0. The van der Waals surface area contributed by atoms with Crippen LogP contribution in [0, 0.1) is 0 Å². The molecule has 0 spiro atoms. The van der Waals surface area contributed by atoms with Crippen LogP contribution in [0.4, 0.5) is 0 Å². The van der Waals surface area contributed by atoms with Crippen LogP contribution in [-0.2, 0) is 9.53 Å². The van der Waals surface area contributed by atoms with Gasteiger partial charge >= 0.3 is 5.97 Å². The van der Waals surface area contributed by atoms with Gasteiger partial charge in [0.2, 0.25) is 0 Å². The number of likely N-dealkylation sites (N-methyl/N-ethyl adjacent to an activating group) is 1. The fourth-order valence-corrected chi connectivity index (χ4v) is 2.27. The van der Waals surface area contributed by atoms with Gasteiger partial charge in [-0.2, -0.15) is 0 Å². The molecule has 1 heterocycles. The molecule has 0 aromatic heterocycles. The van der Waals surface area contributed by atoms with E-state index in [1.807, 2.05) is 6.92 Å². The highest BCUT2D eigenvalue weighted by atomic mass is 16.5. The number of hydrogen-bond acceptors (Lipinski definition) is 4. The van der Waals surface area contributed by atoms with Gasteiger partial charge in [0.25, 0.3) is 0 Å². The van der Waals surface area contributed by atoms with Crippen LogP contribution in [0.15, 0.2) is 0 Å². The quantitative estimate of drug-likeness (QED) is 0.658. The molecule has 1 rings (SSSR count). The summed E-state index contributed by atoms with van der Waals surface area (Å²) >= 11 is 0. The van der Waals surface area contributed by atoms with E-state index in [2.05, 4.69) is 30.8 Å². The summed E-state index contributed by atoms with van der Waals surface area (Å²) in [5.41, 5.74) is 0.296. The van der Waals surface area contributed by atoms with E-state index < -0.39 is 0 Å². The predicted octanol–water partition coefficient (Wildman–Crippen LogP) is 1.36. The Hall–Kier alpha value is -0.610. The number of esters is 1. The van der Waals surface area contributed by atoms with Gasteiger partial charge in [0, 0.05) is 25.0 Å². The summed E-state index contributed by atoms with van der Waals surface area (Å²) in [6.45, 7) is 7.88. The Morgan fingerprint density at radius 3 is 2.71 bits per heavy atom. The molecule has 1 atom stereocenters. The first-order valence-corrected chi connectivity index (χ1v) is 6.53. The zero-order valence-electron chi connectivity index (χ0n) is 11.7. The fourth-order valence-electron chi connectivity index (χ4n) is 2.27. The Morgan fingerprint density at radius 2 is 2.18 bits per heavy atom. The molecular weight excluding hydrogens is 216 g/mol. The van der Waals surface area contributed by atoms with E-state index in [-0.39, 0.29) is 5.97 Å². The van der Waals surface area contributed by atoms with Crippen LogP contribution in [0.3, 0.4) is 0 Å². The van der Waals surface area contributed by atoms with Crippen molar-refractivity contribution in [2.24, 2.45) is 0 Å². The minimum absolute atomic E-state index is 0.0675. The highest BCUT2D eigenvalue weighted by molar-refractivity contribution is 5.69. The molecule has 1 saturated heterocycles. The van der Waals surface area contributed by atoms with Crippen molar-refractivity contribution >= 4 is 5.97 Å². The second-order valence-electron chi connectivity index (χ2n) is 5.33. The molecule has 1 aliphatic rings. The van der Waals surface area contributed by atoms with E-state index in [9.17, 15) is 4.79 Å². The van der Waals surface area contributed by atoms with E-state index in [1.165, 1.54) is 6.42 Å². The summed E-state index contributed by atoms with van der Waals surface area (Å²) in [6.07, 6.45) is 2.66. The maximum atomic E-state index is 11.2. The first-order chi connectivity index (χ1) is 7.98. The smallest absolute Gasteiger partial charge is 0.305 e. The number of carbonyl (C=O) groups is 1. The third kappa shape index (κ3) is 4.28. The van der Waals surface area contributed by atoms with Crippen molar-refractivity contribution in [2.45, 2.75) is 38.6 Å². The fraction of sp³-hybridized carbons (Fsp3) is 0.923. The van der Waals surface area contributed by atoms with E-state index >= 15 is 0 Å². The van der Waals surface area contributed by atoms with Crippen LogP contribution >= 0.6 is 0 Å². The Balaban J connectivity index is 2.20. The van der Waals surface area contributed by atoms with Gasteiger partial charge in [-0.1, -0.05) is 0 Å². The first kappa shape index (κ1) is 14.5. The monoisotopic (exact) mass is 242 g/mol. The van der Waals surface area contributed by atoms with E-state index in [0.717, 1.165) is 26.1 Å². The summed E-state index contributed by atoms with van der Waals surface area (Å²) < 4.78 is 4.92. The van der Waals surface area contributed by atoms with Crippen LogP contribution < -0.4 is 0 Å². The number of rotatable bonds is 6. The maximum absolute atomic E-state index is 11.2. The second kappa shape index (κ2) is 6.36. The molecule has 1 unspecified atom stereocenters. The van der Waals surface area contributed by atoms with E-state index in [4.69, 9.17) is 4.74 Å². The Kier molecular flexibility index (Phi) is 5.40. The van der Waals surface area contributed by atoms with Crippen molar-refractivity contribution in [3.8, 4) is 0 Å². The van der Waals surface area contributed by atoms with Crippen molar-refractivity contribution in [3.63, 3.8) is 0 Å². The second-order valence-corrected chi connectivity index (χ2v) is 5.33. The highest BCUT2D eigenvalue weighted by Gasteiger charge is 2.34. The molecule has 100 valence electrons. The molecule has 1 fully saturated rings. The number of carbonyl (C=O) groups excluding carboxylic acids is 1. The third-order valence-corrected chi connectivity index (χ3v) is 3.77. The molecular formula is C13H26N2O2. The molecule has 0 N–H and O–H groups in total. The molecule has 0 aromatic carbocycles. The molecule has 4 nitrogen and oxygen atoms in total. The topological polar surface area (TPSA) is 32.8 Å². The lowest BCUT2D eigenvalue weighted by molar-refractivity contribution is -0.143. The summed E-state index contributed by atoms with van der Waals surface area (Å²) in [4.78, 5) is 16.0. The largest absolute Gasteiger partial charge is 0.466 e. The van der Waals surface area contributed by atoms with Crippen molar-refractivity contribution in [1.29, 1.82) is 0 Å². The average molecular weight is 242 g/mol. The normalized spacial score (nSPS) is 25.5. The highest BCUT2D eigenvalue weighted by Crippen LogP contribution is 2.25. The van der Waals surface area contributed by atoms with Gasteiger partial charge in [-0.05, 0) is 47.3 Å². The number of nitrogens with zero attached hydrogens (tertiary/aromatic N) is 2. The lowest BCUT2D eigenvalue weighted by Crippen LogP contribution is -2.43. The van der Waals surface area contributed by atoms with Gasteiger partial charge in [-0.15, -0.1) is 0 Å². The molecule has 0 amide bonds. The Labute approximate surface area is 105 Å². The predicted molar refractivity (Wildman–Crippen MR) is 69.0 cm³/mol. The Bertz CT molecular complexity index is 256. The minimum atomic E-state index is -0.0675. The number of likely N-dealkylation sites (tertiary alicyclic amines) is 1. The molecule has 0 radical (unpaired) electrons. The van der Waals surface area contributed by atoms with Gasteiger partial charge in [-0.25, -0.2) is 0 Å². The van der Waals surface area contributed by atoms with E-state index in [1.54, 1.807) is 0 Å². The van der Waals surface area contributed by atoms with Crippen molar-refractivity contribution in [1.82, 2.24) is 9.80 Å². The van der Waals surface area contributed by atoms with Crippen molar-refractivity contribution < 1.29 is 9.53 Å². The standard InChI is InChI=1S/C13H26N2O2/c1-5-17-12(16)7-6-9-15-10-8-13(2,11-15)14(3)4/h5-11H2,1-4H3. The molecule has 1 aliphatic heterocycles. The van der Waals surface area contributed by atoms with Crippen LogP contribution in [0.2, 0.25) is 0 Å². The number of ether oxygens (including phenoxy) is 1. The van der Waals surface area contributed by atoms with Gasteiger partial charge in [-0.3, -0.25) is 4.79 Å². The van der Waals surface area contributed by atoms with Gasteiger partial charge in [0.15, 0.2) is 0 Å². The van der Waals surface area contributed by atoms with Crippen LogP contribution in [0.25, 0.3) is 0 Å². The van der Waals surface area contributed by atoms with Crippen LogP contribution in [0.5, 0.6) is 0 Å². The first-order valence-electron chi connectivity index (χ1n) is 6.53. The molecule has 0 saturated carbocycles. The van der Waals surface area contributed by atoms with E-state index in [0.29, 0.717) is 18.6 Å². The summed E-state index contributed by atoms with van der Waals surface area (Å²) in [7, 11) is 4.28. The van der Waals surface area contributed by atoms with Crippen molar-refractivity contribution in [2.75, 3.05) is 40.3 Å². The molecule has 0 bridgehead atoms. The lowest BCUT2D eigenvalue weighted by Gasteiger charge is -2.32. The zero-order chi connectivity index (χ0) is 12.9. The summed E-state index contributed by atoms with van der Waals surface area (Å²) in [6, 6.07) is 0. The zero-order valence-corrected chi connectivity index (χ0v) is 11.7. The van der Waals surface area contributed by atoms with Gasteiger partial charge < -0.3 is 14.5 Å².